The maximum absolute atomic E-state index is 2.61. The lowest BCUT2D eigenvalue weighted by Crippen LogP contribution is -2.36. The van der Waals surface area contributed by atoms with Crippen molar-refractivity contribution >= 4 is 92.7 Å². The molecule has 10 rings (SSSR count). The van der Waals surface area contributed by atoms with Gasteiger partial charge >= 0.3 is 0 Å². The van der Waals surface area contributed by atoms with E-state index in [1.54, 1.807) is 0 Å². The van der Waals surface area contributed by atoms with Crippen molar-refractivity contribution in [2.24, 2.45) is 5.41 Å². The summed E-state index contributed by atoms with van der Waals surface area (Å²) in [7, 11) is -2.28. The summed E-state index contributed by atoms with van der Waals surface area (Å²) in [5, 5.41) is 14.7. The largest absolute Gasteiger partial charge is 0.0622 e. The van der Waals surface area contributed by atoms with E-state index < -0.39 is 23.8 Å². The number of benzene rings is 10. The van der Waals surface area contributed by atoms with Gasteiger partial charge in [0.25, 0.3) is 0 Å². The molecule has 0 heterocycles. The zero-order valence-corrected chi connectivity index (χ0v) is 46.3. The van der Waals surface area contributed by atoms with Crippen molar-refractivity contribution in [2.45, 2.75) is 13.3 Å². The first-order valence-corrected chi connectivity index (χ1v) is 33.1. The van der Waals surface area contributed by atoms with Crippen LogP contribution in [-0.2, 0) is 0 Å². The van der Waals surface area contributed by atoms with Crippen LogP contribution in [0.3, 0.4) is 0 Å². The Morgan fingerprint density at radius 1 is 0.205 bits per heavy atom. The average molecular weight is 1040 g/mol. The topological polar surface area (TPSA) is 0 Å². The van der Waals surface area contributed by atoms with Gasteiger partial charge in [0.1, 0.15) is 0 Å². The first-order valence-electron chi connectivity index (χ1n) is 25.5. The van der Waals surface area contributed by atoms with Gasteiger partial charge in [-0.1, -0.05) is 310 Å². The van der Waals surface area contributed by atoms with Crippen molar-refractivity contribution in [3.63, 3.8) is 0 Å². The summed E-state index contributed by atoms with van der Waals surface area (Å²) in [5.74, 6) is 0. The predicted octanol–water partition coefficient (Wildman–Crippen LogP) is 14.0. The van der Waals surface area contributed by atoms with Crippen molar-refractivity contribution in [2.75, 3.05) is 30.8 Å². The van der Waals surface area contributed by atoms with Gasteiger partial charge in [-0.3, -0.25) is 0 Å². The summed E-state index contributed by atoms with van der Waals surface area (Å²) < 4.78 is 0. The first-order chi connectivity index (χ1) is 36.1. The molecule has 10 aromatic rings. The van der Waals surface area contributed by atoms with Gasteiger partial charge in [-0.25, -0.2) is 0 Å². The predicted molar refractivity (Wildman–Crippen MR) is 332 cm³/mol. The lowest BCUT2D eigenvalue weighted by atomic mass is 9.99. The van der Waals surface area contributed by atoms with Crippen LogP contribution in [0.25, 0.3) is 0 Å². The Morgan fingerprint density at radius 2 is 0.342 bits per heavy atom. The molecular formula is C68H65P5. The smallest absolute Gasteiger partial charge is 0.0184 e. The molecule has 10 aromatic carbocycles. The highest BCUT2D eigenvalue weighted by Gasteiger charge is 2.36. The van der Waals surface area contributed by atoms with Crippen molar-refractivity contribution in [1.82, 2.24) is 0 Å². The molecule has 0 saturated heterocycles. The first kappa shape index (κ1) is 52.2. The van der Waals surface area contributed by atoms with Crippen LogP contribution in [0.2, 0.25) is 0 Å². The fourth-order valence-electron chi connectivity index (χ4n) is 9.57. The maximum Gasteiger partial charge on any atom is -0.0184 e. The van der Waals surface area contributed by atoms with Crippen LogP contribution in [0, 0.1) is 5.41 Å². The fraction of sp³-hybridized carbons (Fsp3) is 0.118. The molecule has 362 valence electrons. The molecule has 0 saturated carbocycles. The third-order valence-electron chi connectivity index (χ3n) is 13.1. The van der Waals surface area contributed by atoms with E-state index in [0.29, 0.717) is 0 Å². The van der Waals surface area contributed by atoms with E-state index in [0.717, 1.165) is 18.5 Å². The minimum atomic E-state index is -0.555. The lowest BCUT2D eigenvalue weighted by Gasteiger charge is -2.40. The molecule has 0 aliphatic rings. The van der Waals surface area contributed by atoms with E-state index in [4.69, 9.17) is 0 Å². The maximum atomic E-state index is 2.61. The molecule has 0 radical (unpaired) electrons. The van der Waals surface area contributed by atoms with Crippen LogP contribution in [0.4, 0.5) is 0 Å². The Bertz CT molecular complexity index is 2580. The summed E-state index contributed by atoms with van der Waals surface area (Å²) in [6.45, 7) is 2.61. The van der Waals surface area contributed by atoms with E-state index in [2.05, 4.69) is 310 Å². The number of hydrogen-bond donors (Lipinski definition) is 0. The van der Waals surface area contributed by atoms with Crippen molar-refractivity contribution < 1.29 is 0 Å². The second-order valence-electron chi connectivity index (χ2n) is 18.6. The molecule has 5 heteroatoms. The normalized spacial score (nSPS) is 11.5. The second kappa shape index (κ2) is 27.6. The molecule has 0 amide bonds. The van der Waals surface area contributed by atoms with Gasteiger partial charge in [0.2, 0.25) is 0 Å². The highest BCUT2D eigenvalue weighted by molar-refractivity contribution is 7.75. The Labute approximate surface area is 442 Å². The molecule has 0 aliphatic carbocycles. The van der Waals surface area contributed by atoms with Crippen molar-refractivity contribution in [3.8, 4) is 0 Å². The van der Waals surface area contributed by atoms with E-state index in [9.17, 15) is 0 Å². The fourth-order valence-corrected chi connectivity index (χ4v) is 23.2. The third kappa shape index (κ3) is 15.0. The van der Waals surface area contributed by atoms with Crippen LogP contribution in [0.15, 0.2) is 303 Å². The van der Waals surface area contributed by atoms with E-state index >= 15 is 0 Å². The number of hydrogen-bond acceptors (Lipinski definition) is 0. The summed E-state index contributed by atoms with van der Waals surface area (Å²) in [6, 6.07) is 112. The molecule has 0 N–H and O–H groups in total. The highest BCUT2D eigenvalue weighted by atomic mass is 31.1. The van der Waals surface area contributed by atoms with Gasteiger partial charge in [-0.15, -0.1) is 0 Å². The van der Waals surface area contributed by atoms with E-state index in [1.807, 2.05) is 0 Å². The van der Waals surface area contributed by atoms with Crippen molar-refractivity contribution in [1.29, 1.82) is 0 Å². The summed E-state index contributed by atoms with van der Waals surface area (Å²) in [5.41, 5.74) is 0.0756. The minimum Gasteiger partial charge on any atom is -0.0622 e. The molecular weight excluding hydrogens is 972 g/mol. The van der Waals surface area contributed by atoms with Gasteiger partial charge in [0, 0.05) is 0 Å². The zero-order valence-electron chi connectivity index (χ0n) is 41.8. The van der Waals surface area contributed by atoms with Gasteiger partial charge in [-0.05, 0) is 135 Å². The molecule has 0 aromatic heterocycles. The van der Waals surface area contributed by atoms with Gasteiger partial charge in [0.05, 0.1) is 0 Å². The zero-order chi connectivity index (χ0) is 49.8. The van der Waals surface area contributed by atoms with Crippen LogP contribution < -0.4 is 53.0 Å². The molecule has 0 atom stereocenters. The molecule has 73 heavy (non-hydrogen) atoms. The molecule has 0 unspecified atom stereocenters. The van der Waals surface area contributed by atoms with Gasteiger partial charge in [-0.2, -0.15) is 0 Å². The van der Waals surface area contributed by atoms with Gasteiger partial charge < -0.3 is 0 Å². The van der Waals surface area contributed by atoms with Crippen LogP contribution >= 0.6 is 39.6 Å². The Morgan fingerprint density at radius 3 is 0.493 bits per heavy atom. The summed E-state index contributed by atoms with van der Waals surface area (Å²) >= 11 is 0. The van der Waals surface area contributed by atoms with Crippen LogP contribution in [-0.4, -0.2) is 30.8 Å². The minimum absolute atomic E-state index is 0.0756. The van der Waals surface area contributed by atoms with E-state index in [1.165, 1.54) is 71.8 Å². The molecule has 0 bridgehead atoms. The summed E-state index contributed by atoms with van der Waals surface area (Å²) in [4.78, 5) is 0. The lowest BCUT2D eigenvalue weighted by molar-refractivity contribution is 0.497. The third-order valence-corrected chi connectivity index (χ3v) is 27.0. The monoisotopic (exact) mass is 1040 g/mol. The van der Waals surface area contributed by atoms with E-state index in [-0.39, 0.29) is 21.3 Å². The Hall–Kier alpha value is -5.65. The molecule has 0 fully saturated rings. The Kier molecular flexibility index (Phi) is 19.7. The summed E-state index contributed by atoms with van der Waals surface area (Å²) in [6.07, 6.45) is 7.16. The standard InChI is InChI=1S/C41H39P3.C27H26P2/c1-41(32-42(35-20-8-2-9-21-35)36-22-10-3-11-23-36,33-43(37-24-12-4-13-25-37)38-26-14-5-15-27-38)34-44(39-28-16-6-17-29-39)40-30-18-7-19-31-40;1-5-14-24(15-6-1)28(25-16-7-2-8-17-25)22-13-23-29(26-18-9-3-10-19-26)27-20-11-4-12-21-27/h2-31H,32-34H2,1H3;1-12,14-21H,13,22-23H2. The second-order valence-corrected chi connectivity index (χ2v) is 29.9. The van der Waals surface area contributed by atoms with Crippen molar-refractivity contribution in [3.05, 3.63) is 303 Å². The molecule has 0 nitrogen and oxygen atoms in total. The molecule has 0 aliphatic heterocycles. The van der Waals surface area contributed by atoms with Crippen LogP contribution in [0.1, 0.15) is 13.3 Å². The van der Waals surface area contributed by atoms with Gasteiger partial charge in [0.15, 0.2) is 0 Å². The average Bonchev–Trinajstić information content (AvgIpc) is 3.48. The van der Waals surface area contributed by atoms with Crippen LogP contribution in [0.5, 0.6) is 0 Å². The quantitative estimate of drug-likeness (QED) is 0.0668. The Balaban J connectivity index is 0.000000196. The molecule has 0 spiro atoms. The highest BCUT2D eigenvalue weighted by Crippen LogP contribution is 2.52. The number of rotatable bonds is 20. The SMILES string of the molecule is CC(CP(c1ccccc1)c1ccccc1)(CP(c1ccccc1)c1ccccc1)CP(c1ccccc1)c1ccccc1.c1ccc(P(CCCP(c2ccccc2)c2ccccc2)c2ccccc2)cc1.